The van der Waals surface area contributed by atoms with Gasteiger partial charge in [0.15, 0.2) is 6.10 Å². The fourth-order valence-electron chi connectivity index (χ4n) is 7.58. The van der Waals surface area contributed by atoms with Crippen LogP contribution in [0.3, 0.4) is 0 Å². The van der Waals surface area contributed by atoms with Crippen LogP contribution in [0.2, 0.25) is 0 Å². The molecule has 0 aromatic rings. The molecule has 0 bridgehead atoms. The molecule has 0 saturated carbocycles. The van der Waals surface area contributed by atoms with Crippen LogP contribution in [0.25, 0.3) is 0 Å². The molecule has 0 N–H and O–H groups in total. The van der Waals surface area contributed by atoms with Crippen LogP contribution in [0.15, 0.2) is 97.2 Å². The van der Waals surface area contributed by atoms with E-state index in [0.29, 0.717) is 19.3 Å². The Morgan fingerprint density at radius 2 is 0.588 bits per heavy atom. The molecule has 0 amide bonds. The summed E-state index contributed by atoms with van der Waals surface area (Å²) in [4.78, 5) is 37.9. The number of carbonyl (C=O) groups excluding carboxylic acids is 3. The lowest BCUT2D eigenvalue weighted by Gasteiger charge is -2.18. The van der Waals surface area contributed by atoms with E-state index in [1.165, 1.54) is 96.3 Å². The molecule has 0 aliphatic rings. The maximum Gasteiger partial charge on any atom is 0.306 e. The van der Waals surface area contributed by atoms with Gasteiger partial charge in [-0.3, -0.25) is 14.4 Å². The lowest BCUT2D eigenvalue weighted by molar-refractivity contribution is -0.167. The molecule has 0 radical (unpaired) electrons. The van der Waals surface area contributed by atoms with E-state index < -0.39 is 6.10 Å². The number of unbranched alkanes of at least 4 members (excludes halogenated alkanes) is 23. The number of ether oxygens (including phenoxy) is 3. The quantitative estimate of drug-likeness (QED) is 0.0262. The molecule has 0 rings (SSSR count). The first-order valence-corrected chi connectivity index (χ1v) is 28.2. The van der Waals surface area contributed by atoms with Crippen LogP contribution < -0.4 is 0 Å². The Bertz CT molecular complexity index is 1360. The zero-order chi connectivity index (χ0) is 49.3. The summed E-state index contributed by atoms with van der Waals surface area (Å²) in [6.45, 7) is 6.42. The van der Waals surface area contributed by atoms with Crippen LogP contribution in [-0.2, 0) is 28.6 Å². The molecular formula is C62H104O6. The molecule has 0 heterocycles. The summed E-state index contributed by atoms with van der Waals surface area (Å²) in [5.74, 6) is -0.908. The number of rotatable bonds is 50. The first-order valence-electron chi connectivity index (χ1n) is 28.2. The normalized spacial score (nSPS) is 12.8. The Hall–Kier alpha value is -3.67. The van der Waals surface area contributed by atoms with Crippen LogP contribution in [0.4, 0.5) is 0 Å². The van der Waals surface area contributed by atoms with Crippen molar-refractivity contribution in [3.05, 3.63) is 97.2 Å². The third-order valence-corrected chi connectivity index (χ3v) is 11.8. The average molecular weight is 946 g/mol. The van der Waals surface area contributed by atoms with Crippen molar-refractivity contribution in [1.29, 1.82) is 0 Å². The molecule has 0 fully saturated rings. The molecule has 68 heavy (non-hydrogen) atoms. The van der Waals surface area contributed by atoms with E-state index in [0.717, 1.165) is 122 Å². The first-order chi connectivity index (χ1) is 33.5. The van der Waals surface area contributed by atoms with Gasteiger partial charge in [0, 0.05) is 19.3 Å². The van der Waals surface area contributed by atoms with E-state index in [2.05, 4.69) is 118 Å². The van der Waals surface area contributed by atoms with Gasteiger partial charge in [0.25, 0.3) is 0 Å². The van der Waals surface area contributed by atoms with Crippen molar-refractivity contribution in [1.82, 2.24) is 0 Å². The Morgan fingerprint density at radius 1 is 0.309 bits per heavy atom. The van der Waals surface area contributed by atoms with E-state index in [-0.39, 0.29) is 31.1 Å². The zero-order valence-corrected chi connectivity index (χ0v) is 44.3. The van der Waals surface area contributed by atoms with Crippen molar-refractivity contribution in [2.75, 3.05) is 13.2 Å². The zero-order valence-electron chi connectivity index (χ0n) is 44.3. The Morgan fingerprint density at radius 3 is 0.941 bits per heavy atom. The van der Waals surface area contributed by atoms with Gasteiger partial charge in [0.05, 0.1) is 0 Å². The number of esters is 3. The summed E-state index contributed by atoms with van der Waals surface area (Å²) in [5, 5.41) is 0. The minimum Gasteiger partial charge on any atom is -0.462 e. The molecule has 0 spiro atoms. The van der Waals surface area contributed by atoms with Crippen molar-refractivity contribution in [3.63, 3.8) is 0 Å². The van der Waals surface area contributed by atoms with Gasteiger partial charge in [-0.25, -0.2) is 0 Å². The highest BCUT2D eigenvalue weighted by Crippen LogP contribution is 2.15. The van der Waals surface area contributed by atoms with Crippen LogP contribution in [0.1, 0.15) is 258 Å². The van der Waals surface area contributed by atoms with Crippen molar-refractivity contribution in [3.8, 4) is 0 Å². The summed E-state index contributed by atoms with van der Waals surface area (Å²) in [7, 11) is 0. The smallest absolute Gasteiger partial charge is 0.306 e. The standard InChI is InChI=1S/C62H104O6/c1-4-7-10-13-16-18-20-22-24-25-26-27-28-29-30-31-32-33-34-35-36-37-38-40-41-43-46-49-52-55-61(64)67-58-59(57-66-60(63)54-51-48-45-15-12-9-6-3)68-62(65)56-53-50-47-44-42-39-23-21-19-17-14-11-8-5-2/h7,10,14,16-18,21-24,26-27,29-30,32-33,59H,4-6,8-9,11-13,15,19-20,25,28,31,34-58H2,1-3H3/b10-7-,17-14-,18-16-,23-21-,24-22-,27-26-,30-29-,33-32-. The largest absolute Gasteiger partial charge is 0.462 e. The highest BCUT2D eigenvalue weighted by atomic mass is 16.6. The summed E-state index contributed by atoms with van der Waals surface area (Å²) >= 11 is 0. The number of hydrogen-bond donors (Lipinski definition) is 0. The van der Waals surface area contributed by atoms with Gasteiger partial charge in [0.2, 0.25) is 0 Å². The number of allylic oxidation sites excluding steroid dienone is 16. The monoisotopic (exact) mass is 945 g/mol. The predicted octanol–water partition coefficient (Wildman–Crippen LogP) is 18.9. The Balaban J connectivity index is 4.15. The summed E-state index contributed by atoms with van der Waals surface area (Å²) in [5.41, 5.74) is 0. The SMILES string of the molecule is CC/C=C\C/C=C\C/C=C\C/C=C\C/C=C\C/C=C\CCCCCCCCCCCCC(=O)OCC(COC(=O)CCCCCCCCC)OC(=O)CCCCCCC/C=C\C/C=C\CCCC. The third kappa shape index (κ3) is 53.3. The third-order valence-electron chi connectivity index (χ3n) is 11.8. The molecule has 1 unspecified atom stereocenters. The predicted molar refractivity (Wildman–Crippen MR) is 293 cm³/mol. The molecular weight excluding hydrogens is 841 g/mol. The van der Waals surface area contributed by atoms with E-state index in [4.69, 9.17) is 14.2 Å². The fraction of sp³-hybridized carbons (Fsp3) is 0.694. The van der Waals surface area contributed by atoms with E-state index in [1.54, 1.807) is 0 Å². The van der Waals surface area contributed by atoms with Gasteiger partial charge in [0.1, 0.15) is 13.2 Å². The number of carbonyl (C=O) groups is 3. The second-order valence-electron chi connectivity index (χ2n) is 18.5. The molecule has 388 valence electrons. The molecule has 0 aromatic carbocycles. The van der Waals surface area contributed by atoms with Gasteiger partial charge < -0.3 is 14.2 Å². The van der Waals surface area contributed by atoms with Crippen molar-refractivity contribution < 1.29 is 28.6 Å². The maximum absolute atomic E-state index is 12.8. The minimum atomic E-state index is -0.783. The van der Waals surface area contributed by atoms with E-state index in [9.17, 15) is 14.4 Å². The maximum atomic E-state index is 12.8. The van der Waals surface area contributed by atoms with Crippen LogP contribution >= 0.6 is 0 Å². The minimum absolute atomic E-state index is 0.0835. The Labute approximate surface area is 419 Å². The van der Waals surface area contributed by atoms with Gasteiger partial charge in [-0.05, 0) is 96.3 Å². The molecule has 0 aromatic heterocycles. The summed E-state index contributed by atoms with van der Waals surface area (Å²) < 4.78 is 16.7. The average Bonchev–Trinajstić information content (AvgIpc) is 3.34. The van der Waals surface area contributed by atoms with Gasteiger partial charge >= 0.3 is 17.9 Å². The molecule has 0 saturated heterocycles. The topological polar surface area (TPSA) is 78.9 Å². The molecule has 1 atom stereocenters. The van der Waals surface area contributed by atoms with Crippen LogP contribution in [-0.4, -0.2) is 37.2 Å². The lowest BCUT2D eigenvalue weighted by Crippen LogP contribution is -2.30. The first kappa shape index (κ1) is 64.3. The molecule has 0 aliphatic carbocycles. The van der Waals surface area contributed by atoms with Gasteiger partial charge in [-0.2, -0.15) is 0 Å². The van der Waals surface area contributed by atoms with Gasteiger partial charge in [-0.15, -0.1) is 0 Å². The van der Waals surface area contributed by atoms with Crippen molar-refractivity contribution in [2.24, 2.45) is 0 Å². The van der Waals surface area contributed by atoms with E-state index >= 15 is 0 Å². The Kier molecular flexibility index (Phi) is 52.9. The van der Waals surface area contributed by atoms with Gasteiger partial charge in [-0.1, -0.05) is 240 Å². The van der Waals surface area contributed by atoms with Crippen LogP contribution in [0, 0.1) is 0 Å². The number of hydrogen-bond acceptors (Lipinski definition) is 6. The molecule has 6 nitrogen and oxygen atoms in total. The lowest BCUT2D eigenvalue weighted by atomic mass is 10.1. The van der Waals surface area contributed by atoms with Crippen molar-refractivity contribution in [2.45, 2.75) is 264 Å². The van der Waals surface area contributed by atoms with Crippen LogP contribution in [0.5, 0.6) is 0 Å². The fourth-order valence-corrected chi connectivity index (χ4v) is 7.58. The summed E-state index contributed by atoms with van der Waals surface area (Å²) in [6.07, 6.45) is 74.2. The molecule has 0 aliphatic heterocycles. The molecule has 6 heteroatoms. The highest BCUT2D eigenvalue weighted by molar-refractivity contribution is 5.71. The summed E-state index contributed by atoms with van der Waals surface area (Å²) in [6, 6.07) is 0. The second-order valence-corrected chi connectivity index (χ2v) is 18.5. The van der Waals surface area contributed by atoms with E-state index in [1.807, 2.05) is 0 Å². The highest BCUT2D eigenvalue weighted by Gasteiger charge is 2.19. The second kappa shape index (κ2) is 55.9. The van der Waals surface area contributed by atoms with Crippen molar-refractivity contribution >= 4 is 17.9 Å².